The first-order valence-corrected chi connectivity index (χ1v) is 9.53. The zero-order valence-corrected chi connectivity index (χ0v) is 16.7. The predicted octanol–water partition coefficient (Wildman–Crippen LogP) is 2.28. The van der Waals surface area contributed by atoms with E-state index in [9.17, 15) is 9.59 Å². The van der Waals surface area contributed by atoms with E-state index in [1.165, 1.54) is 14.2 Å². The molecule has 9 nitrogen and oxygen atoms in total. The molecule has 3 heterocycles. The molecule has 0 spiro atoms. The lowest BCUT2D eigenvalue weighted by molar-refractivity contribution is 0.0583. The summed E-state index contributed by atoms with van der Waals surface area (Å²) < 4.78 is 21.5. The molecule has 0 atom stereocenters. The minimum atomic E-state index is -0.677. The van der Waals surface area contributed by atoms with Gasteiger partial charge in [-0.15, -0.1) is 0 Å². The van der Waals surface area contributed by atoms with Crippen LogP contribution in [0.1, 0.15) is 23.2 Å². The van der Waals surface area contributed by atoms with E-state index in [2.05, 4.69) is 9.97 Å². The van der Waals surface area contributed by atoms with E-state index in [1.807, 2.05) is 0 Å². The molecule has 4 rings (SSSR count). The van der Waals surface area contributed by atoms with Gasteiger partial charge in [-0.3, -0.25) is 4.79 Å². The van der Waals surface area contributed by atoms with Gasteiger partial charge in [0.25, 0.3) is 5.91 Å². The molecular weight excluding hydrogens is 390 g/mol. The Kier molecular flexibility index (Phi) is 5.51. The molecule has 3 aromatic rings. The lowest BCUT2D eigenvalue weighted by Gasteiger charge is -2.31. The van der Waals surface area contributed by atoms with Crippen LogP contribution in [0.15, 0.2) is 45.7 Å². The number of carbonyl (C=O) groups is 1. The maximum Gasteiger partial charge on any atom is 0.349 e. The number of fused-ring (bicyclic) bond motifs is 1. The van der Waals surface area contributed by atoms with Crippen LogP contribution >= 0.6 is 0 Å². The van der Waals surface area contributed by atoms with Gasteiger partial charge in [0.15, 0.2) is 11.3 Å². The summed E-state index contributed by atoms with van der Waals surface area (Å²) in [6.07, 6.45) is 2.70. The minimum Gasteiger partial charge on any atom is -0.493 e. The predicted molar refractivity (Wildman–Crippen MR) is 107 cm³/mol. The molecule has 156 valence electrons. The molecule has 0 radical (unpaired) electrons. The standard InChI is InChI=1S/C21H21N3O6/c1-27-16-5-3-4-13-12-15(20(26)30-18(13)16)19(25)24-10-7-14(8-11-24)29-17-6-9-22-21(23-17)28-2/h3-6,9,12,14H,7-8,10-11H2,1-2H3. The first-order chi connectivity index (χ1) is 14.6. The second-order valence-corrected chi connectivity index (χ2v) is 6.82. The highest BCUT2D eigenvalue weighted by atomic mass is 16.5. The molecule has 1 amide bonds. The fourth-order valence-corrected chi connectivity index (χ4v) is 3.43. The number of para-hydroxylation sites is 1. The van der Waals surface area contributed by atoms with E-state index < -0.39 is 5.63 Å². The van der Waals surface area contributed by atoms with Crippen LogP contribution in [0, 0.1) is 0 Å². The van der Waals surface area contributed by atoms with Gasteiger partial charge in [0.1, 0.15) is 11.7 Å². The highest BCUT2D eigenvalue weighted by molar-refractivity contribution is 5.97. The first kappa shape index (κ1) is 19.7. The molecule has 0 bridgehead atoms. The zero-order valence-electron chi connectivity index (χ0n) is 16.7. The van der Waals surface area contributed by atoms with E-state index in [4.69, 9.17) is 18.6 Å². The topological polar surface area (TPSA) is 104 Å². The number of nitrogens with zero attached hydrogens (tertiary/aromatic N) is 3. The summed E-state index contributed by atoms with van der Waals surface area (Å²) in [6.45, 7) is 0.919. The zero-order chi connectivity index (χ0) is 21.1. The quantitative estimate of drug-likeness (QED) is 0.589. The second kappa shape index (κ2) is 8.40. The third kappa shape index (κ3) is 3.91. The van der Waals surface area contributed by atoms with E-state index >= 15 is 0 Å². The lowest BCUT2D eigenvalue weighted by atomic mass is 10.1. The SMILES string of the molecule is COc1nccc(OC2CCN(C(=O)c3cc4cccc(OC)c4oc3=O)CC2)n1. The van der Waals surface area contributed by atoms with Crippen LogP contribution in [0.5, 0.6) is 17.6 Å². The highest BCUT2D eigenvalue weighted by Gasteiger charge is 2.27. The van der Waals surface area contributed by atoms with Crippen LogP contribution in [-0.4, -0.2) is 54.2 Å². The Morgan fingerprint density at radius 1 is 1.17 bits per heavy atom. The molecule has 1 aromatic carbocycles. The number of piperidine rings is 1. The highest BCUT2D eigenvalue weighted by Crippen LogP contribution is 2.25. The Labute approximate surface area is 172 Å². The number of methoxy groups -OCH3 is 2. The number of ether oxygens (including phenoxy) is 3. The van der Waals surface area contributed by atoms with Crippen LogP contribution in [0.3, 0.4) is 0 Å². The third-order valence-corrected chi connectivity index (χ3v) is 4.98. The molecule has 2 aromatic heterocycles. The molecular formula is C21H21N3O6. The van der Waals surface area contributed by atoms with E-state index in [-0.39, 0.29) is 23.6 Å². The third-order valence-electron chi connectivity index (χ3n) is 4.98. The van der Waals surface area contributed by atoms with Gasteiger partial charge in [0.05, 0.1) is 14.2 Å². The Balaban J connectivity index is 1.45. The number of rotatable bonds is 5. The van der Waals surface area contributed by atoms with Gasteiger partial charge in [-0.1, -0.05) is 12.1 Å². The van der Waals surface area contributed by atoms with Gasteiger partial charge in [-0.2, -0.15) is 4.98 Å². The molecule has 30 heavy (non-hydrogen) atoms. The van der Waals surface area contributed by atoms with Crippen molar-refractivity contribution in [1.82, 2.24) is 14.9 Å². The fraction of sp³-hybridized carbons (Fsp3) is 0.333. The van der Waals surface area contributed by atoms with Gasteiger partial charge >= 0.3 is 11.6 Å². The van der Waals surface area contributed by atoms with Crippen molar-refractivity contribution in [3.63, 3.8) is 0 Å². The second-order valence-electron chi connectivity index (χ2n) is 6.82. The van der Waals surface area contributed by atoms with Gasteiger partial charge in [0.2, 0.25) is 5.88 Å². The van der Waals surface area contributed by atoms with Gasteiger partial charge in [-0.25, -0.2) is 9.78 Å². The molecule has 0 aliphatic carbocycles. The number of hydrogen-bond donors (Lipinski definition) is 0. The molecule has 0 saturated carbocycles. The van der Waals surface area contributed by atoms with Crippen molar-refractivity contribution in [3.8, 4) is 17.6 Å². The Hall–Kier alpha value is -3.62. The largest absolute Gasteiger partial charge is 0.493 e. The Bertz CT molecular complexity index is 1120. The monoisotopic (exact) mass is 411 g/mol. The summed E-state index contributed by atoms with van der Waals surface area (Å²) in [5, 5.41) is 0.633. The van der Waals surface area contributed by atoms with Gasteiger partial charge in [0, 0.05) is 43.6 Å². The van der Waals surface area contributed by atoms with Crippen molar-refractivity contribution in [3.05, 3.63) is 52.5 Å². The molecule has 1 saturated heterocycles. The molecule has 9 heteroatoms. The van der Waals surface area contributed by atoms with Crippen molar-refractivity contribution < 1.29 is 23.4 Å². The maximum absolute atomic E-state index is 12.9. The first-order valence-electron chi connectivity index (χ1n) is 9.53. The van der Waals surface area contributed by atoms with Crippen molar-refractivity contribution in [2.45, 2.75) is 18.9 Å². The van der Waals surface area contributed by atoms with Crippen molar-refractivity contribution in [1.29, 1.82) is 0 Å². The summed E-state index contributed by atoms with van der Waals surface area (Å²) in [5.41, 5.74) is -0.340. The van der Waals surface area contributed by atoms with E-state index in [1.54, 1.807) is 41.4 Å². The Morgan fingerprint density at radius 2 is 1.97 bits per heavy atom. The number of benzene rings is 1. The molecule has 1 aliphatic heterocycles. The van der Waals surface area contributed by atoms with Crippen molar-refractivity contribution >= 4 is 16.9 Å². The number of carbonyl (C=O) groups excluding carboxylic acids is 1. The number of likely N-dealkylation sites (tertiary alicyclic amines) is 1. The summed E-state index contributed by atoms with van der Waals surface area (Å²) in [6, 6.07) is 8.70. The minimum absolute atomic E-state index is 0.00987. The van der Waals surface area contributed by atoms with Crippen molar-refractivity contribution in [2.24, 2.45) is 0 Å². The van der Waals surface area contributed by atoms with Crippen molar-refractivity contribution in [2.75, 3.05) is 27.3 Å². The fourth-order valence-electron chi connectivity index (χ4n) is 3.43. The lowest BCUT2D eigenvalue weighted by Crippen LogP contribution is -2.43. The molecule has 1 aliphatic rings. The number of aromatic nitrogens is 2. The Morgan fingerprint density at radius 3 is 2.70 bits per heavy atom. The van der Waals surface area contributed by atoms with Crippen LogP contribution in [-0.2, 0) is 0 Å². The average Bonchev–Trinajstić information content (AvgIpc) is 2.78. The smallest absolute Gasteiger partial charge is 0.349 e. The normalized spacial score (nSPS) is 14.5. The van der Waals surface area contributed by atoms with Gasteiger partial charge < -0.3 is 23.5 Å². The summed E-state index contributed by atoms with van der Waals surface area (Å²) in [7, 11) is 2.99. The van der Waals surface area contributed by atoms with Crippen LogP contribution in [0.25, 0.3) is 11.0 Å². The number of hydrogen-bond acceptors (Lipinski definition) is 8. The molecule has 0 unspecified atom stereocenters. The average molecular weight is 411 g/mol. The van der Waals surface area contributed by atoms with Gasteiger partial charge in [-0.05, 0) is 12.1 Å². The summed E-state index contributed by atoms with van der Waals surface area (Å²) in [4.78, 5) is 35.1. The van der Waals surface area contributed by atoms with E-state index in [0.717, 1.165) is 0 Å². The molecule has 1 fully saturated rings. The van der Waals surface area contributed by atoms with Crippen LogP contribution in [0.4, 0.5) is 0 Å². The molecule has 0 N–H and O–H groups in total. The summed E-state index contributed by atoms with van der Waals surface area (Å²) >= 11 is 0. The van der Waals surface area contributed by atoms with Crippen LogP contribution in [0.2, 0.25) is 0 Å². The number of amides is 1. The van der Waals surface area contributed by atoms with E-state index in [0.29, 0.717) is 48.5 Å². The summed E-state index contributed by atoms with van der Waals surface area (Å²) in [5.74, 6) is 0.522. The van der Waals surface area contributed by atoms with Crippen LogP contribution < -0.4 is 19.8 Å². The maximum atomic E-state index is 12.9.